The van der Waals surface area contributed by atoms with Gasteiger partial charge in [0.05, 0.1) is 12.6 Å². The zero-order valence-corrected chi connectivity index (χ0v) is 6.36. The monoisotopic (exact) mass is 159 g/mol. The molecule has 0 radical (unpaired) electrons. The molecule has 0 heterocycles. The Labute approximate surface area is 67.9 Å². The summed E-state index contributed by atoms with van der Waals surface area (Å²) >= 11 is 0. The molecule has 0 aromatic rings. The minimum Gasteiger partial charge on any atom is -0.396 e. The summed E-state index contributed by atoms with van der Waals surface area (Å²) in [4.78, 5) is 2.62. The fraction of sp³-hybridized carbons (Fsp3) is 1.00. The van der Waals surface area contributed by atoms with Crippen molar-refractivity contribution >= 4 is 0 Å². The lowest BCUT2D eigenvalue weighted by atomic mass is 10.1. The Morgan fingerprint density at radius 2 is 2.09 bits per heavy atom. The summed E-state index contributed by atoms with van der Waals surface area (Å²) < 4.78 is 0. The second-order valence-corrected chi connectivity index (χ2v) is 2.67. The molecule has 0 aliphatic rings. The van der Waals surface area contributed by atoms with Crippen LogP contribution in [0.1, 0.15) is 27.7 Å². The molecule has 4 heteroatoms. The van der Waals surface area contributed by atoms with Crippen LogP contribution in [0.5, 0.6) is 0 Å². The van der Waals surface area contributed by atoms with Gasteiger partial charge in [-0.1, -0.05) is 26.4 Å². The van der Waals surface area contributed by atoms with Crippen LogP contribution in [0.4, 0.5) is 0 Å². The van der Waals surface area contributed by atoms with E-state index in [4.69, 9.17) is 10.6 Å². The van der Waals surface area contributed by atoms with Crippen LogP contribution in [-0.4, -0.2) is 17.8 Å². The van der Waals surface area contributed by atoms with E-state index in [-0.39, 0.29) is 20.1 Å². The average molecular weight is 159 g/mol. The average Bonchev–Trinajstić information content (AvgIpc) is 1.86. The molecule has 0 unspecified atom stereocenters. The van der Waals surface area contributed by atoms with Gasteiger partial charge in [-0.3, -0.25) is 0 Å². The molecule has 0 saturated heterocycles. The third kappa shape index (κ3) is 7.16. The minimum absolute atomic E-state index is 0. The maximum Gasteiger partial charge on any atom is 0.0607 e. The van der Waals surface area contributed by atoms with Crippen molar-refractivity contribution in [3.05, 3.63) is 10.4 Å². The van der Waals surface area contributed by atoms with E-state index >= 15 is 0 Å². The predicted octanol–water partition coefficient (Wildman–Crippen LogP) is 2.34. The van der Waals surface area contributed by atoms with Gasteiger partial charge in [-0.15, -0.1) is 0 Å². The van der Waals surface area contributed by atoms with E-state index in [0.29, 0.717) is 5.92 Å². The zero-order chi connectivity index (χ0) is 7.98. The summed E-state index contributed by atoms with van der Waals surface area (Å²) in [6, 6.07) is -0.245. The number of hydrogen-bond acceptors (Lipinski definition) is 2. The van der Waals surface area contributed by atoms with Gasteiger partial charge in [0.25, 0.3) is 0 Å². The molecule has 66 valence electrons. The molecule has 0 fully saturated rings. The zero-order valence-electron chi connectivity index (χ0n) is 6.36. The van der Waals surface area contributed by atoms with E-state index in [9.17, 15) is 0 Å². The molecule has 1 atom stereocenters. The summed E-state index contributed by atoms with van der Waals surface area (Å²) in [5.41, 5.74) is 8.03. The topological polar surface area (TPSA) is 69.0 Å². The maximum atomic E-state index is 8.64. The molecule has 0 spiro atoms. The Morgan fingerprint density at radius 1 is 1.55 bits per heavy atom. The van der Waals surface area contributed by atoms with Gasteiger partial charge in [0, 0.05) is 4.91 Å². The lowest BCUT2D eigenvalue weighted by Gasteiger charge is -2.08. The summed E-state index contributed by atoms with van der Waals surface area (Å²) in [6.45, 7) is 3.99. The molecule has 0 saturated carbocycles. The second kappa shape index (κ2) is 7.38. The van der Waals surface area contributed by atoms with E-state index in [1.807, 2.05) is 13.8 Å². The standard InChI is InChI=1S/C6H13N3O.CH4/c1-5(2)3-6(4-10)8-9-7;/h5-6,10H,3-4H2,1-2H3;1H4/t6-;/m0./s1. The van der Waals surface area contributed by atoms with Gasteiger partial charge < -0.3 is 5.11 Å². The van der Waals surface area contributed by atoms with Gasteiger partial charge in [0.1, 0.15) is 0 Å². The first-order chi connectivity index (χ1) is 4.70. The first kappa shape index (κ1) is 12.9. The van der Waals surface area contributed by atoms with Crippen LogP contribution in [0.2, 0.25) is 0 Å². The summed E-state index contributed by atoms with van der Waals surface area (Å²) in [5, 5.41) is 12.1. The number of azide groups is 1. The van der Waals surface area contributed by atoms with Gasteiger partial charge in [-0.25, -0.2) is 0 Å². The largest absolute Gasteiger partial charge is 0.396 e. The SMILES string of the molecule is C.CC(C)C[C@@H](CO)N=[N+]=[N-]. The van der Waals surface area contributed by atoms with Gasteiger partial charge in [0.15, 0.2) is 0 Å². The number of aliphatic hydroxyl groups excluding tert-OH is 1. The van der Waals surface area contributed by atoms with E-state index in [2.05, 4.69) is 10.0 Å². The number of aliphatic hydroxyl groups is 1. The van der Waals surface area contributed by atoms with Crippen molar-refractivity contribution < 1.29 is 5.11 Å². The number of rotatable bonds is 4. The van der Waals surface area contributed by atoms with E-state index < -0.39 is 0 Å². The highest BCUT2D eigenvalue weighted by atomic mass is 16.3. The van der Waals surface area contributed by atoms with Gasteiger partial charge in [-0.2, -0.15) is 0 Å². The molecular weight excluding hydrogens is 142 g/mol. The van der Waals surface area contributed by atoms with Gasteiger partial charge in [0.2, 0.25) is 0 Å². The van der Waals surface area contributed by atoms with Crippen LogP contribution in [-0.2, 0) is 0 Å². The molecule has 0 rings (SSSR count). The van der Waals surface area contributed by atoms with Crippen molar-refractivity contribution in [2.24, 2.45) is 11.0 Å². The van der Waals surface area contributed by atoms with E-state index in [1.54, 1.807) is 0 Å². The van der Waals surface area contributed by atoms with Crippen LogP contribution < -0.4 is 0 Å². The third-order valence-corrected chi connectivity index (χ3v) is 1.17. The van der Waals surface area contributed by atoms with Gasteiger partial charge >= 0.3 is 0 Å². The van der Waals surface area contributed by atoms with Crippen LogP contribution >= 0.6 is 0 Å². The molecular formula is C7H17N3O. The molecule has 0 bridgehead atoms. The Kier molecular flexibility index (Phi) is 8.65. The minimum atomic E-state index is -0.245. The van der Waals surface area contributed by atoms with Crippen molar-refractivity contribution in [2.45, 2.75) is 33.7 Å². The quantitative estimate of drug-likeness (QED) is 0.382. The predicted molar refractivity (Wildman–Crippen MR) is 46.2 cm³/mol. The highest BCUT2D eigenvalue weighted by Crippen LogP contribution is 2.07. The van der Waals surface area contributed by atoms with Crippen molar-refractivity contribution in [1.29, 1.82) is 0 Å². The number of hydrogen-bond donors (Lipinski definition) is 1. The first-order valence-electron chi connectivity index (χ1n) is 3.35. The Bertz CT molecular complexity index is 130. The molecule has 0 amide bonds. The lowest BCUT2D eigenvalue weighted by molar-refractivity contribution is 0.250. The van der Waals surface area contributed by atoms with Crippen LogP contribution in [0.25, 0.3) is 10.4 Å². The van der Waals surface area contributed by atoms with Crippen molar-refractivity contribution in [3.63, 3.8) is 0 Å². The van der Waals surface area contributed by atoms with Crippen molar-refractivity contribution in [1.82, 2.24) is 0 Å². The van der Waals surface area contributed by atoms with Crippen molar-refractivity contribution in [3.8, 4) is 0 Å². The van der Waals surface area contributed by atoms with Crippen LogP contribution in [0.15, 0.2) is 5.11 Å². The van der Waals surface area contributed by atoms with E-state index in [0.717, 1.165) is 6.42 Å². The molecule has 1 N–H and O–H groups in total. The van der Waals surface area contributed by atoms with Gasteiger partial charge in [-0.05, 0) is 17.9 Å². The summed E-state index contributed by atoms with van der Waals surface area (Å²) in [6.07, 6.45) is 0.751. The maximum absolute atomic E-state index is 8.64. The number of nitrogens with zero attached hydrogens (tertiary/aromatic N) is 3. The molecule has 0 aromatic heterocycles. The second-order valence-electron chi connectivity index (χ2n) is 2.67. The smallest absolute Gasteiger partial charge is 0.0607 e. The summed E-state index contributed by atoms with van der Waals surface area (Å²) in [5.74, 6) is 0.461. The van der Waals surface area contributed by atoms with Crippen LogP contribution in [0.3, 0.4) is 0 Å². The van der Waals surface area contributed by atoms with Crippen molar-refractivity contribution in [2.75, 3.05) is 6.61 Å². The highest BCUT2D eigenvalue weighted by Gasteiger charge is 2.05. The third-order valence-electron chi connectivity index (χ3n) is 1.17. The molecule has 0 aromatic carbocycles. The fourth-order valence-corrected chi connectivity index (χ4v) is 0.775. The van der Waals surface area contributed by atoms with Crippen LogP contribution in [0, 0.1) is 5.92 Å². The molecule has 0 aliphatic carbocycles. The first-order valence-corrected chi connectivity index (χ1v) is 3.35. The molecule has 0 aliphatic heterocycles. The normalized spacial score (nSPS) is 11.6. The lowest BCUT2D eigenvalue weighted by Crippen LogP contribution is -2.11. The Hall–Kier alpha value is -0.730. The fourth-order valence-electron chi connectivity index (χ4n) is 0.775. The summed E-state index contributed by atoms with van der Waals surface area (Å²) in [7, 11) is 0. The van der Waals surface area contributed by atoms with E-state index in [1.165, 1.54) is 0 Å². The Balaban J connectivity index is 0. The Morgan fingerprint density at radius 3 is 2.36 bits per heavy atom. The molecule has 4 nitrogen and oxygen atoms in total. The molecule has 11 heavy (non-hydrogen) atoms. The highest BCUT2D eigenvalue weighted by molar-refractivity contribution is 4.66.